The fraction of sp³-hybridized carbons (Fsp3) is 0.154. The molecule has 0 aromatic carbocycles. The van der Waals surface area contributed by atoms with Crippen LogP contribution in [-0.4, -0.2) is 4.98 Å². The summed E-state index contributed by atoms with van der Waals surface area (Å²) in [6.45, 7) is 0. The molecule has 1 unspecified atom stereocenters. The molecule has 3 heterocycles. The molecule has 3 nitrogen and oxygen atoms in total. The summed E-state index contributed by atoms with van der Waals surface area (Å²) in [7, 11) is 0. The van der Waals surface area contributed by atoms with E-state index in [9.17, 15) is 0 Å². The fourth-order valence-electron chi connectivity index (χ4n) is 1.95. The van der Waals surface area contributed by atoms with E-state index in [1.165, 1.54) is 19.8 Å². The van der Waals surface area contributed by atoms with Gasteiger partial charge in [0.25, 0.3) is 0 Å². The molecule has 3 N–H and O–H groups in total. The molecule has 3 rings (SSSR count). The van der Waals surface area contributed by atoms with E-state index >= 15 is 0 Å². The van der Waals surface area contributed by atoms with E-state index in [4.69, 9.17) is 5.84 Å². The molecule has 0 spiro atoms. The minimum atomic E-state index is 0.164. The van der Waals surface area contributed by atoms with E-state index in [0.717, 1.165) is 6.42 Å². The minimum absolute atomic E-state index is 0.164. The predicted molar refractivity (Wildman–Crippen MR) is 77.7 cm³/mol. The highest BCUT2D eigenvalue weighted by Gasteiger charge is 2.14. The number of nitrogens with one attached hydrogen (secondary N) is 1. The van der Waals surface area contributed by atoms with Crippen molar-refractivity contribution in [3.8, 4) is 0 Å². The monoisotopic (exact) mass is 275 g/mol. The molecule has 0 amide bonds. The summed E-state index contributed by atoms with van der Waals surface area (Å²) in [5, 5.41) is 2.12. The van der Waals surface area contributed by atoms with Crippen LogP contribution >= 0.6 is 22.7 Å². The lowest BCUT2D eigenvalue weighted by Gasteiger charge is -2.13. The van der Waals surface area contributed by atoms with Gasteiger partial charge >= 0.3 is 0 Å². The summed E-state index contributed by atoms with van der Waals surface area (Å²) in [5.74, 6) is 5.69. The zero-order chi connectivity index (χ0) is 12.4. The number of aromatic nitrogens is 1. The van der Waals surface area contributed by atoms with Crippen LogP contribution in [0.15, 0.2) is 42.0 Å². The normalized spacial score (nSPS) is 12.9. The molecule has 0 radical (unpaired) electrons. The molecule has 0 saturated heterocycles. The van der Waals surface area contributed by atoms with Crippen LogP contribution < -0.4 is 11.3 Å². The Morgan fingerprint density at radius 2 is 2.06 bits per heavy atom. The number of thiophene rings is 2. The Kier molecular flexibility index (Phi) is 3.38. The Bertz CT molecular complexity index is 601. The van der Waals surface area contributed by atoms with E-state index < -0.39 is 0 Å². The van der Waals surface area contributed by atoms with Gasteiger partial charge in [-0.2, -0.15) is 0 Å². The van der Waals surface area contributed by atoms with Gasteiger partial charge in [-0.1, -0.05) is 0 Å². The lowest BCUT2D eigenvalue weighted by atomic mass is 10.1. The fourth-order valence-corrected chi connectivity index (χ4v) is 4.13. The van der Waals surface area contributed by atoms with Crippen LogP contribution in [0.3, 0.4) is 0 Å². The van der Waals surface area contributed by atoms with Gasteiger partial charge in [0.05, 0.1) is 6.04 Å². The summed E-state index contributed by atoms with van der Waals surface area (Å²) < 4.78 is 2.68. The second-order valence-corrected chi connectivity index (χ2v) is 6.14. The smallest absolute Gasteiger partial charge is 0.0594 e. The molecular formula is C13H13N3S2. The number of nitrogens with zero attached hydrogens (tertiary/aromatic N) is 1. The maximum absolute atomic E-state index is 5.69. The lowest BCUT2D eigenvalue weighted by Crippen LogP contribution is -2.28. The van der Waals surface area contributed by atoms with Crippen molar-refractivity contribution in [3.63, 3.8) is 0 Å². The zero-order valence-electron chi connectivity index (χ0n) is 9.67. The summed E-state index contributed by atoms with van der Waals surface area (Å²) in [4.78, 5) is 5.32. The third-order valence-corrected chi connectivity index (χ3v) is 5.10. The number of hydrazine groups is 1. The molecular weight excluding hydrogens is 262 g/mol. The van der Waals surface area contributed by atoms with Crippen molar-refractivity contribution < 1.29 is 0 Å². The van der Waals surface area contributed by atoms with Crippen LogP contribution in [0.2, 0.25) is 0 Å². The van der Waals surface area contributed by atoms with E-state index in [-0.39, 0.29) is 6.04 Å². The van der Waals surface area contributed by atoms with Gasteiger partial charge < -0.3 is 0 Å². The van der Waals surface area contributed by atoms with E-state index in [0.29, 0.717) is 0 Å². The first-order valence-electron chi connectivity index (χ1n) is 5.69. The van der Waals surface area contributed by atoms with Crippen molar-refractivity contribution in [1.29, 1.82) is 0 Å². The van der Waals surface area contributed by atoms with Gasteiger partial charge in [-0.05, 0) is 41.6 Å². The van der Waals surface area contributed by atoms with Gasteiger partial charge in [0.15, 0.2) is 0 Å². The summed E-state index contributed by atoms with van der Waals surface area (Å²) in [5.41, 5.74) is 4.15. The highest BCUT2D eigenvalue weighted by Crippen LogP contribution is 2.34. The summed E-state index contributed by atoms with van der Waals surface area (Å²) in [6.07, 6.45) is 4.51. The lowest BCUT2D eigenvalue weighted by molar-refractivity contribution is 0.560. The predicted octanol–water partition coefficient (Wildman–Crippen LogP) is 3.10. The Morgan fingerprint density at radius 1 is 1.22 bits per heavy atom. The summed E-state index contributed by atoms with van der Waals surface area (Å²) >= 11 is 3.58. The van der Waals surface area contributed by atoms with Crippen molar-refractivity contribution in [2.75, 3.05) is 0 Å². The molecule has 92 valence electrons. The van der Waals surface area contributed by atoms with Crippen molar-refractivity contribution in [1.82, 2.24) is 10.4 Å². The molecule has 1 atom stereocenters. The molecule has 3 aromatic rings. The van der Waals surface area contributed by atoms with Gasteiger partial charge in [-0.3, -0.25) is 16.3 Å². The Balaban J connectivity index is 1.86. The first-order valence-corrected chi connectivity index (χ1v) is 7.38. The number of nitrogens with two attached hydrogens (primary N) is 1. The maximum Gasteiger partial charge on any atom is 0.0594 e. The zero-order valence-corrected chi connectivity index (χ0v) is 11.3. The second kappa shape index (κ2) is 5.16. The number of hydrogen-bond donors (Lipinski definition) is 2. The molecule has 0 bridgehead atoms. The van der Waals surface area contributed by atoms with Crippen LogP contribution in [0.25, 0.3) is 9.40 Å². The van der Waals surface area contributed by atoms with Crippen LogP contribution in [-0.2, 0) is 6.42 Å². The van der Waals surface area contributed by atoms with Crippen LogP contribution in [0.5, 0.6) is 0 Å². The van der Waals surface area contributed by atoms with E-state index in [1.807, 2.05) is 35.9 Å². The Hall–Kier alpha value is -1.27. The van der Waals surface area contributed by atoms with E-state index in [1.54, 1.807) is 11.3 Å². The third-order valence-electron chi connectivity index (χ3n) is 2.89. The van der Waals surface area contributed by atoms with Crippen molar-refractivity contribution >= 4 is 32.1 Å². The molecule has 0 aliphatic carbocycles. The highest BCUT2D eigenvalue weighted by molar-refractivity contribution is 7.26. The van der Waals surface area contributed by atoms with Gasteiger partial charge in [0.1, 0.15) is 0 Å². The Morgan fingerprint density at radius 3 is 2.78 bits per heavy atom. The highest BCUT2D eigenvalue weighted by atomic mass is 32.1. The molecule has 0 fully saturated rings. The first kappa shape index (κ1) is 11.8. The first-order chi connectivity index (χ1) is 8.86. The number of hydrogen-bond acceptors (Lipinski definition) is 5. The SMILES string of the molecule is NNC(Cc1ccncc1)c1cc2sccc2s1. The standard InChI is InChI=1S/C13H13N3S2/c14-16-10(7-9-1-4-15-5-2-9)12-8-13-11(18-12)3-6-17-13/h1-6,8,10,16H,7,14H2. The van der Waals surface area contributed by atoms with E-state index in [2.05, 4.69) is 27.9 Å². The molecule has 0 saturated carbocycles. The average Bonchev–Trinajstić information content (AvgIpc) is 2.98. The number of rotatable bonds is 4. The van der Waals surface area contributed by atoms with Crippen LogP contribution in [0, 0.1) is 0 Å². The minimum Gasteiger partial charge on any atom is -0.271 e. The molecule has 3 aromatic heterocycles. The van der Waals surface area contributed by atoms with Crippen molar-refractivity contribution in [3.05, 3.63) is 52.5 Å². The quantitative estimate of drug-likeness (QED) is 0.568. The molecule has 0 aliphatic heterocycles. The summed E-state index contributed by atoms with van der Waals surface area (Å²) in [6, 6.07) is 8.61. The molecule has 18 heavy (non-hydrogen) atoms. The van der Waals surface area contributed by atoms with Crippen LogP contribution in [0.4, 0.5) is 0 Å². The Labute approximate surface area is 113 Å². The molecule has 5 heteroatoms. The average molecular weight is 275 g/mol. The van der Waals surface area contributed by atoms with Gasteiger partial charge in [0.2, 0.25) is 0 Å². The maximum atomic E-state index is 5.69. The van der Waals surface area contributed by atoms with Gasteiger partial charge in [-0.25, -0.2) is 0 Å². The number of fused-ring (bicyclic) bond motifs is 1. The van der Waals surface area contributed by atoms with Crippen molar-refractivity contribution in [2.45, 2.75) is 12.5 Å². The van der Waals surface area contributed by atoms with Crippen molar-refractivity contribution in [2.24, 2.45) is 5.84 Å². The third kappa shape index (κ3) is 2.30. The van der Waals surface area contributed by atoms with Crippen LogP contribution in [0.1, 0.15) is 16.5 Å². The number of pyridine rings is 1. The van der Waals surface area contributed by atoms with Gasteiger partial charge in [-0.15, -0.1) is 22.7 Å². The largest absolute Gasteiger partial charge is 0.271 e. The van der Waals surface area contributed by atoms with Gasteiger partial charge in [0, 0.05) is 26.7 Å². The topological polar surface area (TPSA) is 50.9 Å². The molecule has 0 aliphatic rings. The second-order valence-electron chi connectivity index (χ2n) is 4.08.